The third-order valence-electron chi connectivity index (χ3n) is 5.05. The topological polar surface area (TPSA) is 92.8 Å². The van der Waals surface area contributed by atoms with Crippen molar-refractivity contribution in [2.75, 3.05) is 13.2 Å². The Morgan fingerprint density at radius 1 is 0.906 bits per heavy atom. The molecule has 0 saturated carbocycles. The smallest absolute Gasteiger partial charge is 0.329 e. The Morgan fingerprint density at radius 3 is 2.19 bits per heavy atom. The van der Waals surface area contributed by atoms with Crippen LogP contribution >= 0.6 is 11.3 Å². The van der Waals surface area contributed by atoms with Crippen LogP contribution in [0, 0.1) is 0 Å². The van der Waals surface area contributed by atoms with E-state index in [-0.39, 0.29) is 25.5 Å². The molecule has 2 heterocycles. The molecule has 2 aromatic carbocycles. The van der Waals surface area contributed by atoms with Crippen LogP contribution in [0.5, 0.6) is 0 Å². The summed E-state index contributed by atoms with van der Waals surface area (Å²) in [6, 6.07) is 18.4. The lowest BCUT2D eigenvalue weighted by atomic mass is 10.1. The van der Waals surface area contributed by atoms with Crippen molar-refractivity contribution in [2.24, 2.45) is 0 Å². The van der Waals surface area contributed by atoms with Gasteiger partial charge in [-0.3, -0.25) is 19.3 Å². The number of carbonyl (C=O) groups is 4. The lowest BCUT2D eigenvalue weighted by molar-refractivity contribution is -0.146. The molecule has 7 nitrogen and oxygen atoms in total. The van der Waals surface area contributed by atoms with Crippen molar-refractivity contribution < 1.29 is 23.9 Å². The first kappa shape index (κ1) is 21.5. The first-order valence-corrected chi connectivity index (χ1v) is 10.9. The fraction of sp³-hybridized carbons (Fsp3) is 0.167. The molecule has 0 fully saturated rings. The molecular weight excluding hydrogens is 428 g/mol. The molecule has 0 spiro atoms. The lowest BCUT2D eigenvalue weighted by Crippen LogP contribution is -2.44. The van der Waals surface area contributed by atoms with Gasteiger partial charge in [0.1, 0.15) is 12.6 Å². The Kier molecular flexibility index (Phi) is 6.42. The van der Waals surface area contributed by atoms with Gasteiger partial charge in [-0.2, -0.15) is 0 Å². The Balaban J connectivity index is 1.39. The van der Waals surface area contributed by atoms with Gasteiger partial charge in [0.05, 0.1) is 22.5 Å². The number of imide groups is 1. The second-order valence-electron chi connectivity index (χ2n) is 7.17. The van der Waals surface area contributed by atoms with E-state index >= 15 is 0 Å². The summed E-state index contributed by atoms with van der Waals surface area (Å²) in [7, 11) is 0. The van der Waals surface area contributed by atoms with Crippen LogP contribution in [0.1, 0.15) is 36.0 Å². The van der Waals surface area contributed by atoms with Crippen molar-refractivity contribution in [3.63, 3.8) is 0 Å². The summed E-state index contributed by atoms with van der Waals surface area (Å²) in [4.78, 5) is 51.7. The highest BCUT2D eigenvalue weighted by Crippen LogP contribution is 2.22. The number of carbonyl (C=O) groups excluding carboxylic acids is 4. The molecule has 0 radical (unpaired) electrons. The molecule has 8 heteroatoms. The Labute approximate surface area is 188 Å². The third kappa shape index (κ3) is 4.60. The van der Waals surface area contributed by atoms with E-state index in [0.717, 1.165) is 10.5 Å². The molecule has 1 N–H and O–H groups in total. The first-order valence-electron chi connectivity index (χ1n) is 10.0. The van der Waals surface area contributed by atoms with Gasteiger partial charge in [-0.25, -0.2) is 4.79 Å². The number of hydrogen-bond donors (Lipinski definition) is 1. The van der Waals surface area contributed by atoms with Crippen molar-refractivity contribution in [1.82, 2.24) is 10.2 Å². The summed E-state index contributed by atoms with van der Waals surface area (Å²) in [5.41, 5.74) is 1.55. The number of rotatable bonds is 8. The number of nitrogens with zero attached hydrogens (tertiary/aromatic N) is 1. The van der Waals surface area contributed by atoms with Crippen molar-refractivity contribution in [3.8, 4) is 0 Å². The lowest BCUT2D eigenvalue weighted by Gasteiger charge is -2.19. The second kappa shape index (κ2) is 9.57. The molecule has 162 valence electrons. The molecule has 3 aromatic rings. The van der Waals surface area contributed by atoms with Gasteiger partial charge in [0.25, 0.3) is 17.7 Å². The highest BCUT2D eigenvalue weighted by Gasteiger charge is 2.35. The minimum atomic E-state index is -0.908. The normalized spacial score (nSPS) is 13.6. The zero-order valence-corrected chi connectivity index (χ0v) is 17.8. The standard InChI is InChI=1S/C24H20N2O5S/c27-21(20-11-6-14-32-20)25-19(15-16-7-2-1-3-8-16)24(30)31-13-12-26-22(28)17-9-4-5-10-18(17)23(26)29/h1-11,14,19H,12-13,15H2,(H,25,27)/t19-/m0/s1. The Bertz CT molecular complexity index is 1110. The summed E-state index contributed by atoms with van der Waals surface area (Å²) in [6.07, 6.45) is 0.254. The minimum absolute atomic E-state index is 0.0605. The van der Waals surface area contributed by atoms with Crippen LogP contribution in [-0.4, -0.2) is 47.8 Å². The van der Waals surface area contributed by atoms with Gasteiger partial charge >= 0.3 is 5.97 Å². The maximum Gasteiger partial charge on any atom is 0.329 e. The van der Waals surface area contributed by atoms with Crippen LogP contribution < -0.4 is 5.32 Å². The zero-order chi connectivity index (χ0) is 22.5. The van der Waals surface area contributed by atoms with Crippen LogP contribution in [0.15, 0.2) is 72.1 Å². The van der Waals surface area contributed by atoms with Crippen LogP contribution in [-0.2, 0) is 16.0 Å². The van der Waals surface area contributed by atoms with E-state index in [1.165, 1.54) is 11.3 Å². The van der Waals surface area contributed by atoms with Gasteiger partial charge in [-0.15, -0.1) is 11.3 Å². The predicted octanol–water partition coefficient (Wildman–Crippen LogP) is 2.93. The van der Waals surface area contributed by atoms with E-state index in [9.17, 15) is 19.2 Å². The van der Waals surface area contributed by atoms with E-state index < -0.39 is 23.8 Å². The number of hydrogen-bond acceptors (Lipinski definition) is 6. The third-order valence-corrected chi connectivity index (χ3v) is 5.92. The van der Waals surface area contributed by atoms with Crippen molar-refractivity contribution in [2.45, 2.75) is 12.5 Å². The van der Waals surface area contributed by atoms with Gasteiger partial charge < -0.3 is 10.1 Å². The van der Waals surface area contributed by atoms with Gasteiger partial charge in [-0.1, -0.05) is 48.5 Å². The van der Waals surface area contributed by atoms with E-state index in [4.69, 9.17) is 4.74 Å². The molecule has 1 atom stereocenters. The summed E-state index contributed by atoms with van der Waals surface area (Å²) < 4.78 is 5.36. The monoisotopic (exact) mass is 448 g/mol. The van der Waals surface area contributed by atoms with E-state index in [2.05, 4.69) is 5.32 Å². The summed E-state index contributed by atoms with van der Waals surface area (Å²) in [6.45, 7) is -0.223. The molecular formula is C24H20N2O5S. The zero-order valence-electron chi connectivity index (χ0n) is 17.0. The number of fused-ring (bicyclic) bond motifs is 1. The number of nitrogens with one attached hydrogen (secondary N) is 1. The second-order valence-corrected chi connectivity index (χ2v) is 8.12. The largest absolute Gasteiger partial charge is 0.462 e. The summed E-state index contributed by atoms with van der Waals surface area (Å²) >= 11 is 1.27. The molecule has 32 heavy (non-hydrogen) atoms. The molecule has 1 aliphatic rings. The average Bonchev–Trinajstić information content (AvgIpc) is 3.43. The fourth-order valence-corrected chi connectivity index (χ4v) is 4.09. The number of amides is 3. The maximum atomic E-state index is 12.8. The summed E-state index contributed by atoms with van der Waals surface area (Å²) in [5, 5.41) is 4.51. The van der Waals surface area contributed by atoms with E-state index in [1.54, 1.807) is 41.8 Å². The predicted molar refractivity (Wildman–Crippen MR) is 118 cm³/mol. The highest BCUT2D eigenvalue weighted by molar-refractivity contribution is 7.12. The Hall–Kier alpha value is -3.78. The van der Waals surface area contributed by atoms with Gasteiger partial charge in [-0.05, 0) is 29.1 Å². The molecule has 0 saturated heterocycles. The van der Waals surface area contributed by atoms with Crippen molar-refractivity contribution >= 4 is 35.0 Å². The van der Waals surface area contributed by atoms with Gasteiger partial charge in [0.15, 0.2) is 0 Å². The molecule has 4 rings (SSSR count). The van der Waals surface area contributed by atoms with Gasteiger partial charge in [0, 0.05) is 6.42 Å². The number of thiophene rings is 1. The van der Waals surface area contributed by atoms with Crippen molar-refractivity contribution in [3.05, 3.63) is 93.7 Å². The first-order chi connectivity index (χ1) is 15.5. The molecule has 1 aromatic heterocycles. The van der Waals surface area contributed by atoms with E-state index in [1.807, 2.05) is 30.3 Å². The van der Waals surface area contributed by atoms with Crippen molar-refractivity contribution in [1.29, 1.82) is 0 Å². The molecule has 3 amide bonds. The fourth-order valence-electron chi connectivity index (χ4n) is 3.46. The van der Waals surface area contributed by atoms with E-state index in [0.29, 0.717) is 16.0 Å². The molecule has 0 aliphatic carbocycles. The SMILES string of the molecule is O=C(N[C@@H](Cc1ccccc1)C(=O)OCCN1C(=O)c2ccccc2C1=O)c1cccs1. The van der Waals surface area contributed by atoms with Crippen LogP contribution in [0.2, 0.25) is 0 Å². The molecule has 0 unspecified atom stereocenters. The average molecular weight is 449 g/mol. The number of benzene rings is 2. The van der Waals surface area contributed by atoms with Crippen LogP contribution in [0.3, 0.4) is 0 Å². The number of ether oxygens (including phenoxy) is 1. The Morgan fingerprint density at radius 2 is 1.56 bits per heavy atom. The van der Waals surface area contributed by atoms with Crippen LogP contribution in [0.4, 0.5) is 0 Å². The molecule has 1 aliphatic heterocycles. The number of esters is 1. The van der Waals surface area contributed by atoms with Crippen LogP contribution in [0.25, 0.3) is 0 Å². The van der Waals surface area contributed by atoms with Gasteiger partial charge in [0.2, 0.25) is 0 Å². The minimum Gasteiger partial charge on any atom is -0.462 e. The maximum absolute atomic E-state index is 12.8. The molecule has 0 bridgehead atoms. The highest BCUT2D eigenvalue weighted by atomic mass is 32.1. The summed E-state index contributed by atoms with van der Waals surface area (Å²) in [5.74, 6) is -1.81. The quantitative estimate of drug-likeness (QED) is 0.423.